The van der Waals surface area contributed by atoms with E-state index in [0.717, 1.165) is 37.2 Å². The molecule has 5 heteroatoms. The predicted octanol–water partition coefficient (Wildman–Crippen LogP) is 3.75. The van der Waals surface area contributed by atoms with E-state index in [1.165, 1.54) is 11.1 Å². The number of ether oxygens (including phenoxy) is 2. The van der Waals surface area contributed by atoms with Crippen LogP contribution in [0, 0.1) is 12.3 Å². The van der Waals surface area contributed by atoms with Crippen LogP contribution in [0.15, 0.2) is 48.5 Å². The molecule has 0 saturated carbocycles. The molecule has 1 fully saturated rings. The first-order valence-electron chi connectivity index (χ1n) is 10.8. The molecular weight excluding hydrogens is 378 g/mol. The molecule has 30 heavy (non-hydrogen) atoms. The lowest BCUT2D eigenvalue weighted by Crippen LogP contribution is -2.49. The molecule has 0 radical (unpaired) electrons. The van der Waals surface area contributed by atoms with Gasteiger partial charge in [0.1, 0.15) is 12.4 Å². The Morgan fingerprint density at radius 1 is 1.20 bits per heavy atom. The minimum Gasteiger partial charge on any atom is -0.491 e. The molecule has 1 aliphatic rings. The third-order valence-electron chi connectivity index (χ3n) is 5.82. The van der Waals surface area contributed by atoms with Crippen LogP contribution < -0.4 is 4.74 Å². The first kappa shape index (κ1) is 22.3. The van der Waals surface area contributed by atoms with Gasteiger partial charge in [0.2, 0.25) is 0 Å². The Hall–Kier alpha value is -2.37. The number of piperidine rings is 1. The predicted molar refractivity (Wildman–Crippen MR) is 117 cm³/mol. The van der Waals surface area contributed by atoms with E-state index in [4.69, 9.17) is 14.6 Å². The average Bonchev–Trinajstić information content (AvgIpc) is 2.75. The molecule has 162 valence electrons. The maximum Gasteiger partial charge on any atom is 0.313 e. The summed E-state index contributed by atoms with van der Waals surface area (Å²) in [4.78, 5) is 15.5. The maximum atomic E-state index is 13.1. The Bertz CT molecular complexity index is 837. The van der Waals surface area contributed by atoms with Crippen LogP contribution in [0.3, 0.4) is 0 Å². The molecule has 0 bridgehead atoms. The van der Waals surface area contributed by atoms with Gasteiger partial charge in [-0.3, -0.25) is 9.69 Å². The van der Waals surface area contributed by atoms with Crippen molar-refractivity contribution in [1.29, 1.82) is 0 Å². The van der Waals surface area contributed by atoms with Crippen LogP contribution in [0.5, 0.6) is 5.75 Å². The highest BCUT2D eigenvalue weighted by atomic mass is 16.5. The Morgan fingerprint density at radius 2 is 2.03 bits per heavy atom. The highest BCUT2D eigenvalue weighted by Crippen LogP contribution is 2.36. The number of aryl methyl sites for hydroxylation is 1. The number of hydrogen-bond acceptors (Lipinski definition) is 5. The third-order valence-corrected chi connectivity index (χ3v) is 5.82. The second-order valence-corrected chi connectivity index (χ2v) is 8.14. The van der Waals surface area contributed by atoms with Gasteiger partial charge in [0.25, 0.3) is 0 Å². The van der Waals surface area contributed by atoms with Gasteiger partial charge in [-0.05, 0) is 68.5 Å². The van der Waals surface area contributed by atoms with Crippen molar-refractivity contribution in [3.8, 4) is 5.75 Å². The minimum atomic E-state index is -0.522. The van der Waals surface area contributed by atoms with Gasteiger partial charge in [0, 0.05) is 13.1 Å². The van der Waals surface area contributed by atoms with E-state index in [1.54, 1.807) is 0 Å². The lowest BCUT2D eigenvalue weighted by molar-refractivity contribution is -0.159. The fourth-order valence-corrected chi connectivity index (χ4v) is 4.36. The molecule has 3 rings (SSSR count). The van der Waals surface area contributed by atoms with Gasteiger partial charge in [-0.15, -0.1) is 0 Å². The van der Waals surface area contributed by atoms with E-state index in [0.29, 0.717) is 19.6 Å². The van der Waals surface area contributed by atoms with E-state index in [9.17, 15) is 4.79 Å². The summed E-state index contributed by atoms with van der Waals surface area (Å²) in [5.41, 5.74) is 3.05. The fraction of sp³-hybridized carbons (Fsp3) is 0.480. The van der Waals surface area contributed by atoms with Gasteiger partial charge >= 0.3 is 5.97 Å². The monoisotopic (exact) mass is 411 g/mol. The molecule has 1 heterocycles. The summed E-state index contributed by atoms with van der Waals surface area (Å²) >= 11 is 0. The molecule has 0 spiro atoms. The van der Waals surface area contributed by atoms with E-state index >= 15 is 0 Å². The number of carbonyl (C=O) groups excluding carboxylic acids is 1. The number of rotatable bonds is 9. The topological polar surface area (TPSA) is 59.0 Å². The number of benzene rings is 2. The molecule has 2 aromatic carbocycles. The third kappa shape index (κ3) is 5.61. The van der Waals surface area contributed by atoms with Gasteiger partial charge in [-0.2, -0.15) is 0 Å². The standard InChI is InChI=1S/C25H33NO4/c1-3-29-24(28)25(17-22-10-5-4-8-20(22)2)12-7-13-26(19-25)18-21-9-6-11-23(16-21)30-15-14-27/h4-6,8-11,16,27H,3,7,12-15,17-19H2,1-2H3. The molecule has 0 aliphatic carbocycles. The van der Waals surface area contributed by atoms with E-state index in [2.05, 4.69) is 30.0 Å². The quantitative estimate of drug-likeness (QED) is 0.637. The number of aliphatic hydroxyl groups is 1. The molecule has 0 aromatic heterocycles. The van der Waals surface area contributed by atoms with Crippen LogP contribution in [0.2, 0.25) is 0 Å². The van der Waals surface area contributed by atoms with Crippen molar-refractivity contribution in [2.45, 2.75) is 39.7 Å². The summed E-state index contributed by atoms with van der Waals surface area (Å²) in [6.07, 6.45) is 2.51. The first-order valence-corrected chi connectivity index (χ1v) is 10.8. The molecule has 1 aliphatic heterocycles. The highest BCUT2D eigenvalue weighted by Gasteiger charge is 2.43. The number of carbonyl (C=O) groups is 1. The average molecular weight is 412 g/mol. The summed E-state index contributed by atoms with van der Waals surface area (Å²) in [5, 5.41) is 8.97. The second-order valence-electron chi connectivity index (χ2n) is 8.14. The number of hydrogen-bond donors (Lipinski definition) is 1. The van der Waals surface area contributed by atoms with Gasteiger partial charge < -0.3 is 14.6 Å². The Kier molecular flexibility index (Phi) is 7.88. The van der Waals surface area contributed by atoms with Crippen molar-refractivity contribution in [3.63, 3.8) is 0 Å². The van der Waals surface area contributed by atoms with Crippen molar-refractivity contribution in [2.24, 2.45) is 5.41 Å². The molecule has 5 nitrogen and oxygen atoms in total. The summed E-state index contributed by atoms with van der Waals surface area (Å²) in [6.45, 7) is 7.06. The Balaban J connectivity index is 1.78. The smallest absolute Gasteiger partial charge is 0.313 e. The van der Waals surface area contributed by atoms with Crippen LogP contribution in [0.4, 0.5) is 0 Å². The van der Waals surface area contributed by atoms with Crippen molar-refractivity contribution in [3.05, 3.63) is 65.2 Å². The van der Waals surface area contributed by atoms with Crippen molar-refractivity contribution < 1.29 is 19.4 Å². The van der Waals surface area contributed by atoms with Crippen molar-refractivity contribution >= 4 is 5.97 Å². The lowest BCUT2D eigenvalue weighted by atomic mass is 9.74. The molecule has 1 saturated heterocycles. The summed E-state index contributed by atoms with van der Waals surface area (Å²) in [7, 11) is 0. The minimum absolute atomic E-state index is 0.00266. The molecule has 1 unspecified atom stereocenters. The van der Waals surface area contributed by atoms with Crippen LogP contribution in [0.1, 0.15) is 36.5 Å². The molecule has 1 atom stereocenters. The number of esters is 1. The summed E-state index contributed by atoms with van der Waals surface area (Å²) < 4.78 is 11.1. The van der Waals surface area contributed by atoms with Crippen LogP contribution in [0.25, 0.3) is 0 Å². The molecule has 2 aromatic rings. The lowest BCUT2D eigenvalue weighted by Gasteiger charge is -2.41. The van der Waals surface area contributed by atoms with Gasteiger partial charge in [0.05, 0.1) is 18.6 Å². The zero-order valence-corrected chi connectivity index (χ0v) is 18.1. The second kappa shape index (κ2) is 10.6. The Morgan fingerprint density at radius 3 is 2.80 bits per heavy atom. The highest BCUT2D eigenvalue weighted by molar-refractivity contribution is 5.78. The molecule has 1 N–H and O–H groups in total. The van der Waals surface area contributed by atoms with E-state index in [1.807, 2.05) is 37.3 Å². The van der Waals surface area contributed by atoms with Gasteiger partial charge in [0.15, 0.2) is 0 Å². The summed E-state index contributed by atoms with van der Waals surface area (Å²) in [5.74, 6) is 0.674. The summed E-state index contributed by atoms with van der Waals surface area (Å²) in [6, 6.07) is 16.3. The SMILES string of the molecule is CCOC(=O)C1(Cc2ccccc2C)CCCN(Cc2cccc(OCCO)c2)C1. The van der Waals surface area contributed by atoms with Crippen LogP contribution >= 0.6 is 0 Å². The Labute approximate surface area is 179 Å². The van der Waals surface area contributed by atoms with Gasteiger partial charge in [-0.1, -0.05) is 36.4 Å². The van der Waals surface area contributed by atoms with E-state index < -0.39 is 5.41 Å². The molecule has 0 amide bonds. The fourth-order valence-electron chi connectivity index (χ4n) is 4.36. The zero-order valence-electron chi connectivity index (χ0n) is 18.1. The number of likely N-dealkylation sites (tertiary alicyclic amines) is 1. The van der Waals surface area contributed by atoms with E-state index in [-0.39, 0.29) is 19.2 Å². The van der Waals surface area contributed by atoms with Crippen LogP contribution in [-0.2, 0) is 22.5 Å². The van der Waals surface area contributed by atoms with Gasteiger partial charge in [-0.25, -0.2) is 0 Å². The first-order chi connectivity index (χ1) is 14.6. The number of aliphatic hydroxyl groups excluding tert-OH is 1. The van der Waals surface area contributed by atoms with Crippen molar-refractivity contribution in [1.82, 2.24) is 4.90 Å². The molecular formula is C25H33NO4. The number of nitrogens with zero attached hydrogens (tertiary/aromatic N) is 1. The zero-order chi connectivity index (χ0) is 21.4. The largest absolute Gasteiger partial charge is 0.491 e. The van der Waals surface area contributed by atoms with Crippen molar-refractivity contribution in [2.75, 3.05) is 32.9 Å². The van der Waals surface area contributed by atoms with Crippen LogP contribution in [-0.4, -0.2) is 48.9 Å². The normalized spacial score (nSPS) is 19.4. The maximum absolute atomic E-state index is 13.1.